The third kappa shape index (κ3) is 3.56. The van der Waals surface area contributed by atoms with Gasteiger partial charge in [-0.15, -0.1) is 0 Å². The molecule has 0 bridgehead atoms. The van der Waals surface area contributed by atoms with Crippen LogP contribution >= 0.6 is 15.9 Å². The lowest BCUT2D eigenvalue weighted by molar-refractivity contribution is -0.143. The number of nitrogens with zero attached hydrogens (tertiary/aromatic N) is 1. The molecule has 0 radical (unpaired) electrons. The van der Waals surface area contributed by atoms with E-state index in [2.05, 4.69) is 20.8 Å². The topological polar surface area (TPSA) is 40.5 Å². The molecule has 0 aromatic heterocycles. The minimum atomic E-state index is -0.711. The predicted octanol–water partition coefficient (Wildman–Crippen LogP) is 2.93. The van der Waals surface area contributed by atoms with Crippen LogP contribution in [0.3, 0.4) is 0 Å². The number of carboxylic acid groups (broad SMARTS) is 1. The van der Waals surface area contributed by atoms with E-state index in [1.54, 1.807) is 0 Å². The summed E-state index contributed by atoms with van der Waals surface area (Å²) in [5, 5.41) is 9.40. The number of carbonyl (C=O) groups is 1. The minimum absolute atomic E-state index is 0.389. The van der Waals surface area contributed by atoms with Crippen LogP contribution in [0.4, 0.5) is 0 Å². The largest absolute Gasteiger partial charge is 0.480 e. The highest BCUT2D eigenvalue weighted by atomic mass is 79.9. The number of carboxylic acids is 1. The quantitative estimate of drug-likeness (QED) is 0.929. The molecule has 1 fully saturated rings. The molecule has 1 aliphatic heterocycles. The first-order valence-corrected chi connectivity index (χ1v) is 7.17. The SMILES string of the molecule is O=C(O)[C@H](Cc1cccc(Br)c1)N1CCCCC1. The summed E-state index contributed by atoms with van der Waals surface area (Å²) in [7, 11) is 0. The Kier molecular flexibility index (Phi) is 4.78. The van der Waals surface area contributed by atoms with Gasteiger partial charge in [0.15, 0.2) is 0 Å². The number of hydrogen-bond acceptors (Lipinski definition) is 2. The van der Waals surface area contributed by atoms with Gasteiger partial charge < -0.3 is 5.11 Å². The zero-order valence-corrected chi connectivity index (χ0v) is 11.9. The minimum Gasteiger partial charge on any atom is -0.480 e. The van der Waals surface area contributed by atoms with Gasteiger partial charge in [0.2, 0.25) is 0 Å². The van der Waals surface area contributed by atoms with E-state index >= 15 is 0 Å². The molecule has 98 valence electrons. The van der Waals surface area contributed by atoms with Crippen molar-refractivity contribution in [2.24, 2.45) is 0 Å². The molecule has 2 rings (SSSR count). The van der Waals surface area contributed by atoms with Crippen molar-refractivity contribution in [3.05, 3.63) is 34.3 Å². The summed E-state index contributed by atoms with van der Waals surface area (Å²) in [6, 6.07) is 7.51. The first-order valence-electron chi connectivity index (χ1n) is 6.38. The number of hydrogen-bond donors (Lipinski definition) is 1. The highest BCUT2D eigenvalue weighted by Crippen LogP contribution is 2.18. The Morgan fingerprint density at radius 3 is 2.67 bits per heavy atom. The molecule has 0 saturated carbocycles. The van der Waals surface area contributed by atoms with Crippen molar-refractivity contribution in [1.29, 1.82) is 0 Å². The van der Waals surface area contributed by atoms with Crippen LogP contribution in [0.1, 0.15) is 24.8 Å². The Bertz CT molecular complexity index is 416. The van der Waals surface area contributed by atoms with Crippen LogP contribution < -0.4 is 0 Å². The van der Waals surface area contributed by atoms with Crippen molar-refractivity contribution in [2.75, 3.05) is 13.1 Å². The van der Waals surface area contributed by atoms with Gasteiger partial charge in [-0.1, -0.05) is 34.5 Å². The second-order valence-electron chi connectivity index (χ2n) is 4.78. The van der Waals surface area contributed by atoms with E-state index in [4.69, 9.17) is 0 Å². The molecule has 0 amide bonds. The highest BCUT2D eigenvalue weighted by Gasteiger charge is 2.26. The smallest absolute Gasteiger partial charge is 0.321 e. The van der Waals surface area contributed by atoms with Crippen LogP contribution in [-0.2, 0) is 11.2 Å². The number of likely N-dealkylation sites (tertiary alicyclic amines) is 1. The molecule has 18 heavy (non-hydrogen) atoms. The molecule has 1 aliphatic rings. The van der Waals surface area contributed by atoms with E-state index in [1.165, 1.54) is 6.42 Å². The van der Waals surface area contributed by atoms with Crippen molar-refractivity contribution < 1.29 is 9.90 Å². The van der Waals surface area contributed by atoms with Crippen LogP contribution in [-0.4, -0.2) is 35.1 Å². The van der Waals surface area contributed by atoms with Crippen molar-refractivity contribution in [3.8, 4) is 0 Å². The average molecular weight is 312 g/mol. The van der Waals surface area contributed by atoms with E-state index in [0.717, 1.165) is 36.0 Å². The maximum absolute atomic E-state index is 11.4. The third-order valence-corrected chi connectivity index (χ3v) is 3.93. The number of aliphatic carboxylic acids is 1. The van der Waals surface area contributed by atoms with Crippen LogP contribution in [0.15, 0.2) is 28.7 Å². The fourth-order valence-electron chi connectivity index (χ4n) is 2.49. The Morgan fingerprint density at radius 2 is 2.06 bits per heavy atom. The predicted molar refractivity (Wildman–Crippen MR) is 74.7 cm³/mol. The maximum atomic E-state index is 11.4. The molecule has 1 aromatic rings. The van der Waals surface area contributed by atoms with E-state index in [0.29, 0.717) is 6.42 Å². The summed E-state index contributed by atoms with van der Waals surface area (Å²) >= 11 is 3.42. The first-order chi connectivity index (χ1) is 8.66. The molecule has 1 atom stereocenters. The summed E-state index contributed by atoms with van der Waals surface area (Å²) in [6.07, 6.45) is 4.03. The van der Waals surface area contributed by atoms with E-state index in [1.807, 2.05) is 24.3 Å². The molecule has 1 saturated heterocycles. The van der Waals surface area contributed by atoms with Gasteiger partial charge >= 0.3 is 5.97 Å². The van der Waals surface area contributed by atoms with Gasteiger partial charge in [-0.25, -0.2) is 0 Å². The summed E-state index contributed by atoms with van der Waals surface area (Å²) in [5.41, 5.74) is 1.07. The van der Waals surface area contributed by atoms with Gasteiger partial charge in [0.1, 0.15) is 6.04 Å². The molecule has 0 spiro atoms. The number of benzene rings is 1. The molecule has 3 nitrogen and oxygen atoms in total. The Hall–Kier alpha value is -0.870. The fraction of sp³-hybridized carbons (Fsp3) is 0.500. The number of rotatable bonds is 4. The normalized spacial score (nSPS) is 18.5. The van der Waals surface area contributed by atoms with Gasteiger partial charge in [-0.3, -0.25) is 9.69 Å². The summed E-state index contributed by atoms with van der Waals surface area (Å²) < 4.78 is 1.00. The number of halogens is 1. The molecular weight excluding hydrogens is 294 g/mol. The van der Waals surface area contributed by atoms with Crippen molar-refractivity contribution in [2.45, 2.75) is 31.7 Å². The van der Waals surface area contributed by atoms with Gasteiger partial charge in [0.25, 0.3) is 0 Å². The van der Waals surface area contributed by atoms with Gasteiger partial charge in [-0.2, -0.15) is 0 Å². The Balaban J connectivity index is 2.08. The zero-order valence-electron chi connectivity index (χ0n) is 10.3. The lowest BCUT2D eigenvalue weighted by atomic mass is 10.0. The van der Waals surface area contributed by atoms with Gasteiger partial charge in [0.05, 0.1) is 0 Å². The van der Waals surface area contributed by atoms with Crippen molar-refractivity contribution >= 4 is 21.9 Å². The standard InChI is InChI=1S/C14H18BrNO2/c15-12-6-4-5-11(9-12)10-13(14(17)18)16-7-2-1-3-8-16/h4-6,9,13H,1-3,7-8,10H2,(H,17,18)/t13-/m0/s1. The summed E-state index contributed by atoms with van der Waals surface area (Å²) in [5.74, 6) is -0.711. The van der Waals surface area contributed by atoms with Crippen LogP contribution in [0.25, 0.3) is 0 Å². The van der Waals surface area contributed by atoms with E-state index in [9.17, 15) is 9.90 Å². The van der Waals surface area contributed by atoms with Crippen molar-refractivity contribution in [1.82, 2.24) is 4.90 Å². The third-order valence-electron chi connectivity index (χ3n) is 3.43. The van der Waals surface area contributed by atoms with E-state index in [-0.39, 0.29) is 6.04 Å². The summed E-state index contributed by atoms with van der Waals surface area (Å²) in [6.45, 7) is 1.82. The number of piperidine rings is 1. The second kappa shape index (κ2) is 6.34. The molecular formula is C14H18BrNO2. The molecule has 1 heterocycles. The zero-order chi connectivity index (χ0) is 13.0. The van der Waals surface area contributed by atoms with Crippen LogP contribution in [0, 0.1) is 0 Å². The monoisotopic (exact) mass is 311 g/mol. The first kappa shape index (κ1) is 13.6. The average Bonchev–Trinajstić information content (AvgIpc) is 2.37. The fourth-order valence-corrected chi connectivity index (χ4v) is 2.94. The van der Waals surface area contributed by atoms with Crippen molar-refractivity contribution in [3.63, 3.8) is 0 Å². The highest BCUT2D eigenvalue weighted by molar-refractivity contribution is 9.10. The lowest BCUT2D eigenvalue weighted by Gasteiger charge is -2.32. The van der Waals surface area contributed by atoms with Gasteiger partial charge in [0, 0.05) is 4.47 Å². The molecule has 0 aliphatic carbocycles. The summed E-state index contributed by atoms with van der Waals surface area (Å²) in [4.78, 5) is 13.5. The Morgan fingerprint density at radius 1 is 1.33 bits per heavy atom. The molecule has 0 unspecified atom stereocenters. The maximum Gasteiger partial charge on any atom is 0.321 e. The van der Waals surface area contributed by atoms with Crippen LogP contribution in [0.2, 0.25) is 0 Å². The van der Waals surface area contributed by atoms with Crippen LogP contribution in [0.5, 0.6) is 0 Å². The van der Waals surface area contributed by atoms with Gasteiger partial charge in [-0.05, 0) is 50.0 Å². The lowest BCUT2D eigenvalue weighted by Crippen LogP contribution is -2.45. The Labute approximate surface area is 116 Å². The van der Waals surface area contributed by atoms with E-state index < -0.39 is 5.97 Å². The molecule has 4 heteroatoms. The molecule has 1 aromatic carbocycles. The molecule has 1 N–H and O–H groups in total. The second-order valence-corrected chi connectivity index (χ2v) is 5.70.